The number of rotatable bonds is 7. The molecule has 176 valence electrons. The van der Waals surface area contributed by atoms with Gasteiger partial charge in [0.15, 0.2) is 5.65 Å². The van der Waals surface area contributed by atoms with Crippen molar-refractivity contribution in [1.82, 2.24) is 9.55 Å². The fourth-order valence-electron chi connectivity index (χ4n) is 4.66. The molecule has 9 heteroatoms. The molecule has 1 aliphatic rings. The Morgan fingerprint density at radius 3 is 2.48 bits per heavy atom. The summed E-state index contributed by atoms with van der Waals surface area (Å²) in [6.07, 6.45) is 2.62. The molecule has 8 nitrogen and oxygen atoms in total. The number of anilines is 1. The van der Waals surface area contributed by atoms with Crippen LogP contribution in [-0.4, -0.2) is 46.7 Å². The molecule has 1 aliphatic carbocycles. The number of nitrogen functional groups attached to an aromatic ring is 1. The summed E-state index contributed by atoms with van der Waals surface area (Å²) in [5.74, 6) is 0.0522. The van der Waals surface area contributed by atoms with Gasteiger partial charge in [0, 0.05) is 28.1 Å². The lowest BCUT2D eigenvalue weighted by atomic mass is 10.1. The number of aromatic hydroxyl groups is 1. The second-order valence-corrected chi connectivity index (χ2v) is 13.3. The number of aromatic nitrogens is 2. The first-order valence-electron chi connectivity index (χ1n) is 10.9. The van der Waals surface area contributed by atoms with Crippen molar-refractivity contribution in [3.05, 3.63) is 40.5 Å². The van der Waals surface area contributed by atoms with E-state index in [0.29, 0.717) is 40.9 Å². The number of ether oxygens (including phenoxy) is 1. The zero-order chi connectivity index (χ0) is 24.3. The molecule has 0 spiro atoms. The van der Waals surface area contributed by atoms with Crippen LogP contribution in [0.15, 0.2) is 18.2 Å². The summed E-state index contributed by atoms with van der Waals surface area (Å²) in [4.78, 5) is 17.1. The summed E-state index contributed by atoms with van der Waals surface area (Å²) in [7, 11) is -2.17. The number of pyridine rings is 1. The second-order valence-electron chi connectivity index (χ2n) is 9.84. The third-order valence-corrected chi connectivity index (χ3v) is 7.82. The minimum absolute atomic E-state index is 0.0695. The summed E-state index contributed by atoms with van der Waals surface area (Å²) >= 11 is 0. The van der Waals surface area contributed by atoms with E-state index in [4.69, 9.17) is 21.2 Å². The molecule has 0 saturated heterocycles. The molecule has 0 unspecified atom stereocenters. The molecule has 1 saturated carbocycles. The molecule has 0 bridgehead atoms. The van der Waals surface area contributed by atoms with Gasteiger partial charge in [0.1, 0.15) is 11.6 Å². The summed E-state index contributed by atoms with van der Waals surface area (Å²) in [5, 5.41) is 10.9. The van der Waals surface area contributed by atoms with Crippen molar-refractivity contribution in [3.63, 3.8) is 0 Å². The van der Waals surface area contributed by atoms with Crippen LogP contribution < -0.4 is 16.2 Å². The number of nitrogens with zero attached hydrogens (tertiary/aromatic N) is 2. The topological polar surface area (TPSA) is 133 Å². The molecule has 33 heavy (non-hydrogen) atoms. The van der Waals surface area contributed by atoms with Crippen LogP contribution >= 0.6 is 7.14 Å². The van der Waals surface area contributed by atoms with Gasteiger partial charge in [0.25, 0.3) is 5.91 Å². The Bertz CT molecular complexity index is 1330. The van der Waals surface area contributed by atoms with Crippen LogP contribution in [0.2, 0.25) is 0 Å². The Labute approximate surface area is 193 Å². The van der Waals surface area contributed by atoms with Crippen LogP contribution in [0.5, 0.6) is 11.6 Å². The third-order valence-electron chi connectivity index (χ3n) is 6.39. The number of carbonyl (C=O) groups is 1. The van der Waals surface area contributed by atoms with Crippen molar-refractivity contribution in [1.29, 1.82) is 0 Å². The zero-order valence-corrected chi connectivity index (χ0v) is 20.6. The Morgan fingerprint density at radius 2 is 1.91 bits per heavy atom. The Balaban J connectivity index is 1.86. The molecule has 2 aromatic heterocycles. The summed E-state index contributed by atoms with van der Waals surface area (Å²) < 4.78 is 20.2. The number of aryl methyl sites for hydroxylation is 2. The predicted molar refractivity (Wildman–Crippen MR) is 131 cm³/mol. The van der Waals surface area contributed by atoms with E-state index in [2.05, 4.69) is 0 Å². The lowest BCUT2D eigenvalue weighted by Gasteiger charge is -2.19. The van der Waals surface area contributed by atoms with Crippen LogP contribution in [0, 0.1) is 26.2 Å². The van der Waals surface area contributed by atoms with Gasteiger partial charge in [-0.25, -0.2) is 0 Å². The number of hydrogen-bond donors (Lipinski definition) is 3. The van der Waals surface area contributed by atoms with Crippen LogP contribution in [0.3, 0.4) is 0 Å². The molecule has 0 aliphatic heterocycles. The standard InChI is InChI=1S/C24H31N4O4P/c1-13-6-7-17(29)15(3)19(13)28-20(25)18(21(26)30)16-10-14(2)23(27-22(16)28)32-11-24(8-9-24)12-33(4,5)31/h6-7,10,29H,8-9,11-12,25H2,1-5H3,(H2,26,30). The highest BCUT2D eigenvalue weighted by Gasteiger charge is 2.46. The highest BCUT2D eigenvalue weighted by molar-refractivity contribution is 7.62. The minimum Gasteiger partial charge on any atom is -0.508 e. The normalized spacial score (nSPS) is 15.1. The van der Waals surface area contributed by atoms with Crippen molar-refractivity contribution in [2.45, 2.75) is 33.6 Å². The van der Waals surface area contributed by atoms with Crippen molar-refractivity contribution in [3.8, 4) is 17.3 Å². The fraction of sp³-hybridized carbons (Fsp3) is 0.417. The lowest BCUT2D eigenvalue weighted by Crippen LogP contribution is -2.18. The van der Waals surface area contributed by atoms with E-state index in [1.54, 1.807) is 23.6 Å². The number of fused-ring (bicyclic) bond motifs is 1. The van der Waals surface area contributed by atoms with Gasteiger partial charge in [0.05, 0.1) is 25.0 Å². The van der Waals surface area contributed by atoms with E-state index in [0.717, 1.165) is 24.0 Å². The van der Waals surface area contributed by atoms with Gasteiger partial charge in [-0.2, -0.15) is 4.98 Å². The maximum Gasteiger partial charge on any atom is 0.253 e. The highest BCUT2D eigenvalue weighted by atomic mass is 31.2. The number of nitrogens with two attached hydrogens (primary N) is 2. The fourth-order valence-corrected chi connectivity index (χ4v) is 6.68. The molecule has 1 amide bonds. The van der Waals surface area contributed by atoms with Gasteiger partial charge in [0.2, 0.25) is 5.88 Å². The van der Waals surface area contributed by atoms with Gasteiger partial charge in [-0.1, -0.05) is 6.07 Å². The SMILES string of the molecule is Cc1cc2c(C(N)=O)c(N)n(-c3c(C)ccc(O)c3C)c2nc1OCC1(CP(C)(C)=O)CC1. The first-order chi connectivity index (χ1) is 15.3. The van der Waals surface area contributed by atoms with E-state index >= 15 is 0 Å². The number of benzene rings is 1. The second kappa shape index (κ2) is 7.80. The van der Waals surface area contributed by atoms with Crippen LogP contribution in [0.4, 0.5) is 5.82 Å². The number of hydrogen-bond acceptors (Lipinski definition) is 6. The molecule has 1 fully saturated rings. The Kier molecular flexibility index (Phi) is 5.48. The first kappa shape index (κ1) is 23.2. The van der Waals surface area contributed by atoms with Crippen LogP contribution in [-0.2, 0) is 4.57 Å². The number of phenols is 1. The maximum atomic E-state index is 12.4. The van der Waals surface area contributed by atoms with Gasteiger partial charge < -0.3 is 25.9 Å². The average molecular weight is 471 g/mol. The van der Waals surface area contributed by atoms with E-state index in [-0.39, 0.29) is 22.5 Å². The monoisotopic (exact) mass is 470 g/mol. The maximum absolute atomic E-state index is 12.4. The minimum atomic E-state index is -2.17. The van der Waals surface area contributed by atoms with Gasteiger partial charge in [-0.15, -0.1) is 0 Å². The van der Waals surface area contributed by atoms with E-state index in [1.165, 1.54) is 0 Å². The number of phenolic OH excluding ortho intramolecular Hbond substituents is 1. The summed E-state index contributed by atoms with van der Waals surface area (Å²) in [6, 6.07) is 5.21. The number of carbonyl (C=O) groups excluding carboxylic acids is 1. The summed E-state index contributed by atoms with van der Waals surface area (Å²) in [6.45, 7) is 9.58. The van der Waals surface area contributed by atoms with Gasteiger partial charge in [-0.3, -0.25) is 9.36 Å². The molecule has 3 aromatic rings. The van der Waals surface area contributed by atoms with Crippen molar-refractivity contribution >= 4 is 29.9 Å². The van der Waals surface area contributed by atoms with E-state index in [1.807, 2.05) is 33.2 Å². The summed E-state index contributed by atoms with van der Waals surface area (Å²) in [5.41, 5.74) is 15.5. The van der Waals surface area contributed by atoms with Crippen molar-refractivity contribution in [2.75, 3.05) is 31.8 Å². The molecular formula is C24H31N4O4P. The molecule has 5 N–H and O–H groups in total. The molecule has 1 aromatic carbocycles. The number of amides is 1. The molecule has 4 rings (SSSR count). The van der Waals surface area contributed by atoms with Gasteiger partial charge >= 0.3 is 0 Å². The quantitative estimate of drug-likeness (QED) is 0.445. The zero-order valence-electron chi connectivity index (χ0n) is 19.7. The van der Waals surface area contributed by atoms with Gasteiger partial charge in [-0.05, 0) is 64.6 Å². The lowest BCUT2D eigenvalue weighted by molar-refractivity contribution is 0.100. The van der Waals surface area contributed by atoms with Crippen LogP contribution in [0.25, 0.3) is 16.7 Å². The molecular weight excluding hydrogens is 439 g/mol. The molecule has 0 radical (unpaired) electrons. The predicted octanol–water partition coefficient (Wildman–Crippen LogP) is 4.12. The largest absolute Gasteiger partial charge is 0.508 e. The molecule has 2 heterocycles. The van der Waals surface area contributed by atoms with Crippen LogP contribution in [0.1, 0.15) is 39.9 Å². The third kappa shape index (κ3) is 4.20. The number of primary amides is 1. The smallest absolute Gasteiger partial charge is 0.253 e. The van der Waals surface area contributed by atoms with E-state index in [9.17, 15) is 14.5 Å². The van der Waals surface area contributed by atoms with Crippen molar-refractivity contribution in [2.24, 2.45) is 11.1 Å². The molecule has 0 atom stereocenters. The highest BCUT2D eigenvalue weighted by Crippen LogP contribution is 2.56. The Hall–Kier alpha value is -2.99. The first-order valence-corrected chi connectivity index (χ1v) is 13.7. The van der Waals surface area contributed by atoms with Crippen molar-refractivity contribution < 1.29 is 19.2 Å². The average Bonchev–Trinajstić information content (AvgIpc) is 3.39. The van der Waals surface area contributed by atoms with E-state index < -0.39 is 13.0 Å². The Morgan fingerprint density at radius 1 is 1.24 bits per heavy atom.